The number of anilines is 1. The van der Waals surface area contributed by atoms with Crippen LogP contribution in [-0.4, -0.2) is 22.1 Å². The predicted octanol–water partition coefficient (Wildman–Crippen LogP) is 4.76. The lowest BCUT2D eigenvalue weighted by molar-refractivity contribution is -0.118. The van der Waals surface area contributed by atoms with Gasteiger partial charge in [-0.3, -0.25) is 9.78 Å². The summed E-state index contributed by atoms with van der Waals surface area (Å²) in [5.74, 6) is 1.26. The largest absolute Gasteiger partial charge is 0.482 e. The molecule has 2 aliphatic rings. The molecule has 6 nitrogen and oxygen atoms in total. The molecule has 1 aromatic carbocycles. The molecule has 0 atom stereocenters. The molecule has 7 heteroatoms. The quantitative estimate of drug-likeness (QED) is 0.662. The van der Waals surface area contributed by atoms with Crippen LogP contribution in [0.3, 0.4) is 0 Å². The topological polar surface area (TPSA) is 68.5 Å². The molecule has 1 N–H and O–H groups in total. The van der Waals surface area contributed by atoms with Crippen LogP contribution in [0.25, 0.3) is 11.3 Å². The highest BCUT2D eigenvalue weighted by Crippen LogP contribution is 2.34. The van der Waals surface area contributed by atoms with E-state index in [9.17, 15) is 4.79 Å². The average molecular weight is 421 g/mol. The van der Waals surface area contributed by atoms with Crippen LogP contribution >= 0.6 is 11.3 Å². The number of aromatic nitrogens is 2. The van der Waals surface area contributed by atoms with E-state index in [1.807, 2.05) is 24.3 Å². The number of amides is 1. The molecule has 1 aliphatic heterocycles. The van der Waals surface area contributed by atoms with E-state index in [1.54, 1.807) is 23.7 Å². The summed E-state index contributed by atoms with van der Waals surface area (Å²) in [6.07, 6.45) is 10.0. The van der Waals surface area contributed by atoms with Crippen LogP contribution in [0.15, 0.2) is 53.1 Å². The Balaban J connectivity index is 1.57. The number of rotatable bonds is 4. The summed E-state index contributed by atoms with van der Waals surface area (Å²) < 4.78 is 7.86. The van der Waals surface area contributed by atoms with E-state index in [-0.39, 0.29) is 12.5 Å². The minimum absolute atomic E-state index is 0.0701. The maximum Gasteiger partial charge on any atom is 0.262 e. The summed E-state index contributed by atoms with van der Waals surface area (Å²) in [5, 5.41) is 5.07. The first-order chi connectivity index (χ1) is 14.8. The van der Waals surface area contributed by atoms with Gasteiger partial charge in [-0.05, 0) is 49.1 Å². The molecule has 3 aromatic rings. The fraction of sp³-hybridized carbons (Fsp3) is 0.348. The third-order valence-corrected chi connectivity index (χ3v) is 6.61. The molecule has 30 heavy (non-hydrogen) atoms. The van der Waals surface area contributed by atoms with E-state index < -0.39 is 0 Å². The van der Waals surface area contributed by atoms with Crippen molar-refractivity contribution in [1.82, 2.24) is 9.55 Å². The van der Waals surface area contributed by atoms with Gasteiger partial charge in [-0.2, -0.15) is 0 Å². The zero-order valence-electron chi connectivity index (χ0n) is 16.7. The molecule has 0 bridgehead atoms. The Kier molecular flexibility index (Phi) is 5.36. The van der Waals surface area contributed by atoms with Crippen molar-refractivity contribution in [2.75, 3.05) is 11.9 Å². The SMILES string of the molecule is O=C1COc2ccc(-c3csc(=Nc4cccnc4)n3CC3CCCCC3)cc2N1. The molecule has 1 aliphatic carbocycles. The highest BCUT2D eigenvalue weighted by molar-refractivity contribution is 7.07. The Morgan fingerprint density at radius 3 is 2.97 bits per heavy atom. The van der Waals surface area contributed by atoms with Crippen LogP contribution in [0.5, 0.6) is 5.75 Å². The molecule has 0 spiro atoms. The van der Waals surface area contributed by atoms with Crippen LogP contribution in [0.1, 0.15) is 32.1 Å². The third-order valence-electron chi connectivity index (χ3n) is 5.74. The number of fused-ring (bicyclic) bond motifs is 1. The molecule has 1 saturated carbocycles. The zero-order chi connectivity index (χ0) is 20.3. The normalized spacial score (nSPS) is 17.3. The van der Waals surface area contributed by atoms with Crippen molar-refractivity contribution in [3.8, 4) is 17.0 Å². The van der Waals surface area contributed by atoms with Gasteiger partial charge in [-0.15, -0.1) is 11.3 Å². The van der Waals surface area contributed by atoms with Gasteiger partial charge in [0.1, 0.15) is 5.75 Å². The van der Waals surface area contributed by atoms with Crippen molar-refractivity contribution in [2.24, 2.45) is 10.9 Å². The number of nitrogens with zero attached hydrogens (tertiary/aromatic N) is 3. The standard InChI is InChI=1S/C23H24N4O2S/c28-22-14-29-21-9-8-17(11-19(21)26-22)20-15-30-23(25-18-7-4-10-24-12-18)27(20)13-16-5-2-1-3-6-16/h4,7-12,15-16H,1-3,5-6,13-14H2,(H,26,28). The maximum absolute atomic E-state index is 11.8. The van der Waals surface area contributed by atoms with Gasteiger partial charge < -0.3 is 14.6 Å². The first kappa shape index (κ1) is 19.1. The van der Waals surface area contributed by atoms with Crippen LogP contribution in [0.4, 0.5) is 11.4 Å². The van der Waals surface area contributed by atoms with Crippen LogP contribution < -0.4 is 14.9 Å². The van der Waals surface area contributed by atoms with Gasteiger partial charge in [0.15, 0.2) is 11.4 Å². The van der Waals surface area contributed by atoms with Crippen LogP contribution in [-0.2, 0) is 11.3 Å². The first-order valence-electron chi connectivity index (χ1n) is 10.5. The number of carbonyl (C=O) groups excluding carboxylic acids is 1. The van der Waals surface area contributed by atoms with E-state index in [2.05, 4.69) is 26.3 Å². The number of benzene rings is 1. The monoisotopic (exact) mass is 420 g/mol. The number of hydrogen-bond donors (Lipinski definition) is 1. The molecule has 1 amide bonds. The summed E-state index contributed by atoms with van der Waals surface area (Å²) >= 11 is 1.64. The Labute approximate surface area is 179 Å². The number of nitrogens with one attached hydrogen (secondary N) is 1. The Bertz CT molecular complexity index is 1110. The van der Waals surface area contributed by atoms with Gasteiger partial charge >= 0.3 is 0 Å². The summed E-state index contributed by atoms with van der Waals surface area (Å²) in [6, 6.07) is 9.88. The Morgan fingerprint density at radius 2 is 2.13 bits per heavy atom. The zero-order valence-corrected chi connectivity index (χ0v) is 17.5. The van der Waals surface area contributed by atoms with Gasteiger partial charge in [-0.1, -0.05) is 19.3 Å². The highest BCUT2D eigenvalue weighted by Gasteiger charge is 2.20. The van der Waals surface area contributed by atoms with Crippen molar-refractivity contribution in [2.45, 2.75) is 38.6 Å². The third kappa shape index (κ3) is 4.03. The smallest absolute Gasteiger partial charge is 0.262 e. The van der Waals surface area contributed by atoms with Crippen molar-refractivity contribution in [3.05, 3.63) is 52.9 Å². The summed E-state index contributed by atoms with van der Waals surface area (Å²) in [4.78, 5) is 21.8. The number of hydrogen-bond acceptors (Lipinski definition) is 5. The second-order valence-corrected chi connectivity index (χ2v) is 8.73. The van der Waals surface area contributed by atoms with Crippen molar-refractivity contribution >= 4 is 28.6 Å². The number of carbonyl (C=O) groups is 1. The lowest BCUT2D eigenvalue weighted by Crippen LogP contribution is -2.25. The average Bonchev–Trinajstić information content (AvgIpc) is 3.16. The van der Waals surface area contributed by atoms with E-state index in [4.69, 9.17) is 9.73 Å². The summed E-state index contributed by atoms with van der Waals surface area (Å²) in [6.45, 7) is 1.03. The minimum atomic E-state index is -0.118. The number of pyridine rings is 1. The van der Waals surface area contributed by atoms with E-state index in [0.717, 1.165) is 34.0 Å². The van der Waals surface area contributed by atoms with E-state index in [1.165, 1.54) is 32.1 Å². The van der Waals surface area contributed by atoms with E-state index >= 15 is 0 Å². The molecule has 0 saturated heterocycles. The molecular formula is C23H24N4O2S. The minimum Gasteiger partial charge on any atom is -0.482 e. The number of thiazole rings is 1. The molecule has 2 aromatic heterocycles. The first-order valence-corrected chi connectivity index (χ1v) is 11.3. The maximum atomic E-state index is 11.8. The van der Waals surface area contributed by atoms with Crippen LogP contribution in [0, 0.1) is 5.92 Å². The van der Waals surface area contributed by atoms with Crippen molar-refractivity contribution < 1.29 is 9.53 Å². The predicted molar refractivity (Wildman–Crippen MR) is 118 cm³/mol. The lowest BCUT2D eigenvalue weighted by Gasteiger charge is -2.23. The molecule has 1 fully saturated rings. The van der Waals surface area contributed by atoms with Gasteiger partial charge in [0.05, 0.1) is 23.3 Å². The van der Waals surface area contributed by atoms with Gasteiger partial charge in [0.25, 0.3) is 5.91 Å². The molecule has 154 valence electrons. The second-order valence-electron chi connectivity index (χ2n) is 7.89. The van der Waals surface area contributed by atoms with Gasteiger partial charge in [0, 0.05) is 23.7 Å². The highest BCUT2D eigenvalue weighted by atomic mass is 32.1. The molecule has 5 rings (SSSR count). The van der Waals surface area contributed by atoms with Crippen molar-refractivity contribution in [1.29, 1.82) is 0 Å². The van der Waals surface area contributed by atoms with Crippen molar-refractivity contribution in [3.63, 3.8) is 0 Å². The lowest BCUT2D eigenvalue weighted by atomic mass is 9.89. The summed E-state index contributed by atoms with van der Waals surface area (Å²) in [7, 11) is 0. The number of ether oxygens (including phenoxy) is 1. The Morgan fingerprint density at radius 1 is 1.23 bits per heavy atom. The van der Waals surface area contributed by atoms with Crippen LogP contribution in [0.2, 0.25) is 0 Å². The molecular weight excluding hydrogens is 396 g/mol. The molecule has 0 unspecified atom stereocenters. The van der Waals surface area contributed by atoms with E-state index in [0.29, 0.717) is 11.7 Å². The Hall–Kier alpha value is -2.93. The van der Waals surface area contributed by atoms with Gasteiger partial charge in [0.2, 0.25) is 0 Å². The molecule has 3 heterocycles. The summed E-state index contributed by atoms with van der Waals surface area (Å²) in [5.41, 5.74) is 3.76. The fourth-order valence-electron chi connectivity index (χ4n) is 4.23. The molecule has 0 radical (unpaired) electrons. The second kappa shape index (κ2) is 8.44. The fourth-order valence-corrected chi connectivity index (χ4v) is 5.17. The van der Waals surface area contributed by atoms with Gasteiger partial charge in [-0.25, -0.2) is 4.99 Å².